The van der Waals surface area contributed by atoms with Gasteiger partial charge in [0.2, 0.25) is 11.7 Å². The van der Waals surface area contributed by atoms with E-state index in [0.717, 1.165) is 10.5 Å². The van der Waals surface area contributed by atoms with Crippen LogP contribution in [0.5, 0.6) is 0 Å². The lowest BCUT2D eigenvalue weighted by atomic mass is 10.1. The number of hydrogen-bond donors (Lipinski definition) is 2. The molecule has 7 nitrogen and oxygen atoms in total. The predicted molar refractivity (Wildman–Crippen MR) is 67.1 cm³/mol. The van der Waals surface area contributed by atoms with Crippen molar-refractivity contribution in [3.05, 3.63) is 35.6 Å². The van der Waals surface area contributed by atoms with Gasteiger partial charge in [0.05, 0.1) is 13.1 Å². The predicted octanol–water partition coefficient (Wildman–Crippen LogP) is 1.18. The number of aromatic carboxylic acids is 1. The lowest BCUT2D eigenvalue weighted by Crippen LogP contribution is -2.30. The van der Waals surface area contributed by atoms with Gasteiger partial charge in [-0.2, -0.15) is 0 Å². The first-order valence-electron chi connectivity index (χ1n) is 5.88. The number of benzene rings is 1. The summed E-state index contributed by atoms with van der Waals surface area (Å²) in [5.74, 6) is -1.57. The molecule has 0 spiro atoms. The Morgan fingerprint density at radius 2 is 2.15 bits per heavy atom. The van der Waals surface area contributed by atoms with E-state index in [4.69, 9.17) is 9.52 Å². The van der Waals surface area contributed by atoms with Crippen LogP contribution in [0.15, 0.2) is 28.7 Å². The second-order valence-corrected chi connectivity index (χ2v) is 4.43. The lowest BCUT2D eigenvalue weighted by molar-refractivity contribution is -0.125. The summed E-state index contributed by atoms with van der Waals surface area (Å²) in [6.45, 7) is 0.157. The van der Waals surface area contributed by atoms with Gasteiger partial charge in [0.1, 0.15) is 5.58 Å². The molecule has 0 saturated carbocycles. The van der Waals surface area contributed by atoms with Crippen molar-refractivity contribution in [2.75, 3.05) is 6.54 Å². The average molecular weight is 274 g/mol. The Morgan fingerprint density at radius 1 is 1.35 bits per heavy atom. The van der Waals surface area contributed by atoms with E-state index in [-0.39, 0.29) is 24.8 Å². The van der Waals surface area contributed by atoms with Crippen LogP contribution in [0.3, 0.4) is 0 Å². The molecule has 0 unspecified atom stereocenters. The highest BCUT2D eigenvalue weighted by molar-refractivity contribution is 6.02. The van der Waals surface area contributed by atoms with E-state index in [0.29, 0.717) is 11.0 Å². The first-order valence-corrected chi connectivity index (χ1v) is 5.88. The van der Waals surface area contributed by atoms with Gasteiger partial charge in [0.25, 0.3) is 0 Å². The number of hydrogen-bond acceptors (Lipinski definition) is 4. The first kappa shape index (κ1) is 12.2. The monoisotopic (exact) mass is 274 g/mol. The summed E-state index contributed by atoms with van der Waals surface area (Å²) in [6.07, 6.45) is 0. The molecule has 102 valence electrons. The molecule has 7 heteroatoms. The lowest BCUT2D eigenvalue weighted by Gasteiger charge is -2.11. The molecule has 3 amide bonds. The number of urea groups is 1. The molecule has 2 aromatic rings. The van der Waals surface area contributed by atoms with E-state index in [1.54, 1.807) is 18.2 Å². The molecular weight excluding hydrogens is 264 g/mol. The Balaban J connectivity index is 1.91. The van der Waals surface area contributed by atoms with Crippen LogP contribution in [-0.2, 0) is 11.3 Å². The summed E-state index contributed by atoms with van der Waals surface area (Å²) in [4.78, 5) is 34.9. The Kier molecular flexibility index (Phi) is 2.67. The molecule has 0 aliphatic carbocycles. The van der Waals surface area contributed by atoms with Gasteiger partial charge in [-0.3, -0.25) is 9.69 Å². The highest BCUT2D eigenvalue weighted by Gasteiger charge is 2.28. The minimum Gasteiger partial charge on any atom is -0.475 e. The van der Waals surface area contributed by atoms with E-state index in [9.17, 15) is 14.4 Å². The molecule has 0 radical (unpaired) electrons. The Labute approximate surface area is 112 Å². The Hall–Kier alpha value is -2.83. The summed E-state index contributed by atoms with van der Waals surface area (Å²) >= 11 is 0. The van der Waals surface area contributed by atoms with Gasteiger partial charge in [-0.1, -0.05) is 6.07 Å². The van der Waals surface area contributed by atoms with Crippen LogP contribution in [-0.4, -0.2) is 34.5 Å². The van der Waals surface area contributed by atoms with Gasteiger partial charge < -0.3 is 14.8 Å². The number of nitrogens with zero attached hydrogens (tertiary/aromatic N) is 1. The summed E-state index contributed by atoms with van der Waals surface area (Å²) in [7, 11) is 0. The molecule has 2 N–H and O–H groups in total. The molecular formula is C13H10N2O5. The van der Waals surface area contributed by atoms with Crippen molar-refractivity contribution in [3.8, 4) is 0 Å². The molecule has 1 aliphatic heterocycles. The minimum atomic E-state index is -1.14. The van der Waals surface area contributed by atoms with Gasteiger partial charge in [0.15, 0.2) is 0 Å². The van der Waals surface area contributed by atoms with Crippen LogP contribution in [0.4, 0.5) is 4.79 Å². The standard InChI is InChI=1S/C13H10N2O5/c16-11-5-14-13(19)15(11)6-7-1-2-9-8(3-7)4-10(20-9)12(17)18/h1-4H,5-6H2,(H,14,19)(H,17,18). The summed E-state index contributed by atoms with van der Waals surface area (Å²) in [6, 6.07) is 6.00. The fraction of sp³-hybridized carbons (Fsp3) is 0.154. The van der Waals surface area contributed by atoms with Crippen molar-refractivity contribution in [1.29, 1.82) is 0 Å². The maximum atomic E-state index is 11.5. The van der Waals surface area contributed by atoms with Crippen LogP contribution in [0.25, 0.3) is 11.0 Å². The molecule has 1 aromatic carbocycles. The van der Waals surface area contributed by atoms with Gasteiger partial charge in [-0.25, -0.2) is 9.59 Å². The normalized spacial score (nSPS) is 14.9. The first-order chi connectivity index (χ1) is 9.54. The summed E-state index contributed by atoms with van der Waals surface area (Å²) in [5.41, 5.74) is 1.17. The molecule has 3 rings (SSSR count). The third kappa shape index (κ3) is 1.99. The van der Waals surface area contributed by atoms with Crippen LogP contribution in [0.1, 0.15) is 16.1 Å². The van der Waals surface area contributed by atoms with E-state index < -0.39 is 12.0 Å². The molecule has 2 heterocycles. The number of imide groups is 1. The van der Waals surface area contributed by atoms with Crippen LogP contribution >= 0.6 is 0 Å². The van der Waals surface area contributed by atoms with E-state index in [1.165, 1.54) is 6.07 Å². The average Bonchev–Trinajstić information content (AvgIpc) is 2.96. The zero-order valence-corrected chi connectivity index (χ0v) is 10.3. The highest BCUT2D eigenvalue weighted by atomic mass is 16.4. The van der Waals surface area contributed by atoms with Gasteiger partial charge in [0, 0.05) is 5.39 Å². The number of rotatable bonds is 3. The van der Waals surface area contributed by atoms with Crippen LogP contribution < -0.4 is 5.32 Å². The van der Waals surface area contributed by atoms with Crippen LogP contribution in [0, 0.1) is 0 Å². The largest absolute Gasteiger partial charge is 0.475 e. The molecule has 1 aliphatic rings. The smallest absolute Gasteiger partial charge is 0.371 e. The quantitative estimate of drug-likeness (QED) is 0.819. The molecule has 0 atom stereocenters. The number of nitrogens with one attached hydrogen (secondary N) is 1. The third-order valence-corrected chi connectivity index (χ3v) is 3.07. The van der Waals surface area contributed by atoms with Crippen molar-refractivity contribution in [2.24, 2.45) is 0 Å². The van der Waals surface area contributed by atoms with Crippen molar-refractivity contribution in [3.63, 3.8) is 0 Å². The number of fused-ring (bicyclic) bond motifs is 1. The van der Waals surface area contributed by atoms with E-state index in [1.807, 2.05) is 0 Å². The number of furan rings is 1. The van der Waals surface area contributed by atoms with Crippen molar-refractivity contribution < 1.29 is 23.9 Å². The van der Waals surface area contributed by atoms with Crippen molar-refractivity contribution in [1.82, 2.24) is 10.2 Å². The summed E-state index contributed by atoms with van der Waals surface area (Å²) < 4.78 is 5.14. The molecule has 0 bridgehead atoms. The zero-order chi connectivity index (χ0) is 14.3. The Morgan fingerprint density at radius 3 is 2.80 bits per heavy atom. The maximum Gasteiger partial charge on any atom is 0.371 e. The second kappa shape index (κ2) is 4.37. The topological polar surface area (TPSA) is 99.9 Å². The van der Waals surface area contributed by atoms with Crippen LogP contribution in [0.2, 0.25) is 0 Å². The molecule has 1 saturated heterocycles. The van der Waals surface area contributed by atoms with Gasteiger partial charge in [-0.15, -0.1) is 0 Å². The van der Waals surface area contributed by atoms with Gasteiger partial charge in [-0.05, 0) is 23.8 Å². The second-order valence-electron chi connectivity index (χ2n) is 4.43. The van der Waals surface area contributed by atoms with E-state index in [2.05, 4.69) is 5.32 Å². The number of carbonyl (C=O) groups excluding carboxylic acids is 2. The number of amides is 3. The number of carboxylic acid groups (broad SMARTS) is 1. The highest BCUT2D eigenvalue weighted by Crippen LogP contribution is 2.22. The van der Waals surface area contributed by atoms with E-state index >= 15 is 0 Å². The number of carbonyl (C=O) groups is 3. The third-order valence-electron chi connectivity index (χ3n) is 3.07. The fourth-order valence-corrected chi connectivity index (χ4v) is 2.09. The molecule has 1 aromatic heterocycles. The Bertz CT molecular complexity index is 717. The van der Waals surface area contributed by atoms with Crippen molar-refractivity contribution in [2.45, 2.75) is 6.54 Å². The maximum absolute atomic E-state index is 11.5. The fourth-order valence-electron chi connectivity index (χ4n) is 2.09. The van der Waals surface area contributed by atoms with Gasteiger partial charge >= 0.3 is 12.0 Å². The summed E-state index contributed by atoms with van der Waals surface area (Å²) in [5, 5.41) is 11.9. The minimum absolute atomic E-state index is 0.00987. The number of carboxylic acids is 1. The van der Waals surface area contributed by atoms with Crippen molar-refractivity contribution >= 4 is 28.9 Å². The zero-order valence-electron chi connectivity index (χ0n) is 10.3. The molecule has 20 heavy (non-hydrogen) atoms. The SMILES string of the molecule is O=C(O)c1cc2cc(CN3C(=O)CNC3=O)ccc2o1. The molecule has 1 fully saturated rings.